The summed E-state index contributed by atoms with van der Waals surface area (Å²) in [5, 5.41) is 8.14. The summed E-state index contributed by atoms with van der Waals surface area (Å²) in [5.41, 5.74) is 1.32. The molecule has 0 spiro atoms. The van der Waals surface area contributed by atoms with Gasteiger partial charge < -0.3 is 5.32 Å². The van der Waals surface area contributed by atoms with Gasteiger partial charge in [-0.3, -0.25) is 4.68 Å². The number of nitrogens with zero attached hydrogens (tertiary/aromatic N) is 2. The summed E-state index contributed by atoms with van der Waals surface area (Å²) in [5.74, 6) is 0. The summed E-state index contributed by atoms with van der Waals surface area (Å²) in [6.07, 6.45) is 11.0. The van der Waals surface area contributed by atoms with Crippen molar-refractivity contribution < 1.29 is 0 Å². The zero-order valence-electron chi connectivity index (χ0n) is 13.3. The molecule has 0 radical (unpaired) electrons. The highest BCUT2D eigenvalue weighted by Gasteiger charge is 2.18. The van der Waals surface area contributed by atoms with Crippen LogP contribution in [0.25, 0.3) is 0 Å². The monoisotopic (exact) mass is 343 g/mol. The molecule has 0 aliphatic heterocycles. The molecule has 1 atom stereocenters. The number of hydrogen-bond donors (Lipinski definition) is 1. The summed E-state index contributed by atoms with van der Waals surface area (Å²) in [6, 6.07) is 0.424. The largest absolute Gasteiger partial charge is 0.309 e. The maximum absolute atomic E-state index is 4.45. The van der Waals surface area contributed by atoms with Crippen molar-refractivity contribution >= 4 is 15.9 Å². The van der Waals surface area contributed by atoms with Crippen LogP contribution in [-0.4, -0.2) is 16.3 Å². The fourth-order valence-electron chi connectivity index (χ4n) is 2.58. The maximum atomic E-state index is 4.45. The summed E-state index contributed by atoms with van der Waals surface area (Å²) >= 11 is 3.66. The van der Waals surface area contributed by atoms with Gasteiger partial charge >= 0.3 is 0 Å². The lowest BCUT2D eigenvalue weighted by Crippen LogP contribution is -2.25. The van der Waals surface area contributed by atoms with E-state index < -0.39 is 0 Å². The maximum Gasteiger partial charge on any atom is 0.0695 e. The number of aromatic nitrogens is 2. The first kappa shape index (κ1) is 17.7. The predicted molar refractivity (Wildman–Crippen MR) is 90.0 cm³/mol. The highest BCUT2D eigenvalue weighted by atomic mass is 79.9. The molecule has 0 aliphatic rings. The molecule has 0 saturated carbocycles. The predicted octanol–water partition coefficient (Wildman–Crippen LogP) is 5.07. The van der Waals surface area contributed by atoms with Gasteiger partial charge in [-0.25, -0.2) is 0 Å². The Morgan fingerprint density at radius 3 is 2.55 bits per heavy atom. The Kier molecular flexibility index (Phi) is 9.19. The van der Waals surface area contributed by atoms with E-state index in [4.69, 9.17) is 0 Å². The lowest BCUT2D eigenvalue weighted by molar-refractivity contribution is 0.434. The van der Waals surface area contributed by atoms with E-state index in [2.05, 4.69) is 51.8 Å². The molecule has 20 heavy (non-hydrogen) atoms. The minimum absolute atomic E-state index is 0.424. The molecular formula is C16H30BrN3. The van der Waals surface area contributed by atoms with Crippen molar-refractivity contribution in [2.75, 3.05) is 6.54 Å². The van der Waals surface area contributed by atoms with Crippen LogP contribution in [0.3, 0.4) is 0 Å². The number of nitrogens with one attached hydrogen (secondary N) is 1. The first-order valence-electron chi connectivity index (χ1n) is 8.19. The van der Waals surface area contributed by atoms with Gasteiger partial charge in [0.1, 0.15) is 0 Å². The number of aryl methyl sites for hydroxylation is 1. The second-order valence-corrected chi connectivity index (χ2v) is 6.26. The van der Waals surface area contributed by atoms with Crippen LogP contribution in [-0.2, 0) is 6.54 Å². The van der Waals surface area contributed by atoms with E-state index in [0.717, 1.165) is 17.6 Å². The second kappa shape index (κ2) is 10.4. The Morgan fingerprint density at radius 1 is 1.15 bits per heavy atom. The molecule has 0 saturated heterocycles. The highest BCUT2D eigenvalue weighted by molar-refractivity contribution is 9.10. The average molecular weight is 344 g/mol. The third-order valence-corrected chi connectivity index (χ3v) is 4.31. The van der Waals surface area contributed by atoms with E-state index in [1.807, 2.05) is 6.20 Å². The van der Waals surface area contributed by atoms with Crippen molar-refractivity contribution in [3.8, 4) is 0 Å². The van der Waals surface area contributed by atoms with E-state index in [1.165, 1.54) is 50.6 Å². The zero-order chi connectivity index (χ0) is 14.8. The fourth-order valence-corrected chi connectivity index (χ4v) is 3.15. The normalized spacial score (nSPS) is 12.8. The van der Waals surface area contributed by atoms with Crippen LogP contribution in [0.2, 0.25) is 0 Å². The van der Waals surface area contributed by atoms with Crippen molar-refractivity contribution in [3.63, 3.8) is 0 Å². The van der Waals surface area contributed by atoms with E-state index in [1.54, 1.807) is 0 Å². The highest BCUT2D eigenvalue weighted by Crippen LogP contribution is 2.27. The lowest BCUT2D eigenvalue weighted by Gasteiger charge is -2.20. The molecule has 0 aliphatic carbocycles. The van der Waals surface area contributed by atoms with Gasteiger partial charge in [-0.2, -0.15) is 5.10 Å². The van der Waals surface area contributed by atoms with Crippen LogP contribution in [0.1, 0.15) is 77.5 Å². The molecule has 0 aromatic carbocycles. The molecule has 1 aromatic rings. The van der Waals surface area contributed by atoms with Crippen LogP contribution < -0.4 is 5.32 Å². The molecule has 1 heterocycles. The second-order valence-electron chi connectivity index (χ2n) is 5.40. The van der Waals surface area contributed by atoms with Gasteiger partial charge in [0.15, 0.2) is 0 Å². The van der Waals surface area contributed by atoms with Crippen molar-refractivity contribution in [2.24, 2.45) is 0 Å². The van der Waals surface area contributed by atoms with Gasteiger partial charge in [-0.15, -0.1) is 0 Å². The van der Waals surface area contributed by atoms with E-state index in [-0.39, 0.29) is 0 Å². The Bertz CT molecular complexity index is 363. The molecule has 116 valence electrons. The number of unbranched alkanes of at least 4 members (excludes halogenated alkanes) is 4. The van der Waals surface area contributed by atoms with Gasteiger partial charge in [0.25, 0.3) is 0 Å². The van der Waals surface area contributed by atoms with E-state index >= 15 is 0 Å². The van der Waals surface area contributed by atoms with Gasteiger partial charge in [0, 0.05) is 6.54 Å². The molecule has 1 aromatic heterocycles. The smallest absolute Gasteiger partial charge is 0.0695 e. The Labute approximate surface area is 132 Å². The average Bonchev–Trinajstić information content (AvgIpc) is 2.83. The van der Waals surface area contributed by atoms with Gasteiger partial charge in [0.2, 0.25) is 0 Å². The first-order chi connectivity index (χ1) is 9.74. The third kappa shape index (κ3) is 5.57. The summed E-state index contributed by atoms with van der Waals surface area (Å²) in [6.45, 7) is 8.64. The summed E-state index contributed by atoms with van der Waals surface area (Å²) in [4.78, 5) is 0. The van der Waals surface area contributed by atoms with Crippen LogP contribution in [0, 0.1) is 0 Å². The molecule has 0 fully saturated rings. The standard InChI is InChI=1S/C16H30BrN3/c1-4-7-8-9-10-11-15(18-12-5-2)16-14(17)13-19-20(16)6-3/h13,15,18H,4-12H2,1-3H3. The molecule has 4 heteroatoms. The lowest BCUT2D eigenvalue weighted by atomic mass is 10.0. The van der Waals surface area contributed by atoms with E-state index in [0.29, 0.717) is 6.04 Å². The number of hydrogen-bond acceptors (Lipinski definition) is 2. The first-order valence-corrected chi connectivity index (χ1v) is 8.98. The van der Waals surface area contributed by atoms with Crippen molar-refractivity contribution in [2.45, 2.75) is 78.3 Å². The van der Waals surface area contributed by atoms with Gasteiger partial charge in [0.05, 0.1) is 22.4 Å². The molecular weight excluding hydrogens is 314 g/mol. The minimum Gasteiger partial charge on any atom is -0.309 e. The van der Waals surface area contributed by atoms with Crippen molar-refractivity contribution in [1.82, 2.24) is 15.1 Å². The molecule has 1 N–H and O–H groups in total. The molecule has 1 unspecified atom stereocenters. The fraction of sp³-hybridized carbons (Fsp3) is 0.812. The van der Waals surface area contributed by atoms with Gasteiger partial charge in [-0.05, 0) is 42.2 Å². The van der Waals surface area contributed by atoms with Crippen LogP contribution in [0.4, 0.5) is 0 Å². The van der Waals surface area contributed by atoms with Crippen LogP contribution >= 0.6 is 15.9 Å². The quantitative estimate of drug-likeness (QED) is 0.568. The number of rotatable bonds is 11. The molecule has 1 rings (SSSR count). The summed E-state index contributed by atoms with van der Waals surface area (Å²) in [7, 11) is 0. The Hall–Kier alpha value is -0.350. The Morgan fingerprint density at radius 2 is 1.90 bits per heavy atom. The van der Waals surface area contributed by atoms with Gasteiger partial charge in [-0.1, -0.05) is 46.0 Å². The topological polar surface area (TPSA) is 29.9 Å². The number of halogens is 1. The van der Waals surface area contributed by atoms with E-state index in [9.17, 15) is 0 Å². The minimum atomic E-state index is 0.424. The molecule has 0 bridgehead atoms. The third-order valence-electron chi connectivity index (χ3n) is 3.70. The van der Waals surface area contributed by atoms with Crippen LogP contribution in [0.5, 0.6) is 0 Å². The zero-order valence-corrected chi connectivity index (χ0v) is 14.9. The summed E-state index contributed by atoms with van der Waals surface area (Å²) < 4.78 is 3.25. The Balaban J connectivity index is 2.60. The van der Waals surface area contributed by atoms with Crippen LogP contribution in [0.15, 0.2) is 10.7 Å². The molecule has 3 nitrogen and oxygen atoms in total. The SMILES string of the molecule is CCCCCCCC(NCCC)c1c(Br)cnn1CC. The van der Waals surface area contributed by atoms with Crippen molar-refractivity contribution in [3.05, 3.63) is 16.4 Å². The van der Waals surface area contributed by atoms with Crippen molar-refractivity contribution in [1.29, 1.82) is 0 Å². The molecule has 0 amide bonds.